The van der Waals surface area contributed by atoms with E-state index in [2.05, 4.69) is 37.9 Å². The van der Waals surface area contributed by atoms with Crippen molar-refractivity contribution in [2.75, 3.05) is 27.7 Å². The van der Waals surface area contributed by atoms with E-state index in [4.69, 9.17) is 0 Å². The molecule has 0 N–H and O–H groups in total. The number of likely N-dealkylation sites (N-methyl/N-ethyl adjacent to an activating group) is 2. The minimum atomic E-state index is 0.741. The topological polar surface area (TPSA) is 6.48 Å². The monoisotopic (exact) mass is 184 g/mol. The maximum absolute atomic E-state index is 2.54. The van der Waals surface area contributed by atoms with E-state index in [0.29, 0.717) is 0 Å². The van der Waals surface area contributed by atoms with Gasteiger partial charge in [-0.1, -0.05) is 13.3 Å². The Hall–Kier alpha value is -0.0800. The summed E-state index contributed by atoms with van der Waals surface area (Å²) in [4.78, 5) is 4.92. The maximum Gasteiger partial charge on any atom is 0.0248 e. The van der Waals surface area contributed by atoms with Gasteiger partial charge in [0.05, 0.1) is 0 Å². The van der Waals surface area contributed by atoms with Crippen molar-refractivity contribution in [3.63, 3.8) is 0 Å². The summed E-state index contributed by atoms with van der Waals surface area (Å²) in [6.45, 7) is 3.59. The summed E-state index contributed by atoms with van der Waals surface area (Å²) in [5.74, 6) is 0. The molecule has 1 rings (SSSR count). The molecular weight excluding hydrogens is 160 g/mol. The molecule has 1 heterocycles. The van der Waals surface area contributed by atoms with E-state index < -0.39 is 0 Å². The van der Waals surface area contributed by atoms with E-state index in [1.54, 1.807) is 0 Å². The van der Waals surface area contributed by atoms with Gasteiger partial charge in [-0.3, -0.25) is 0 Å². The molecule has 1 saturated heterocycles. The second-order valence-electron chi connectivity index (χ2n) is 4.48. The van der Waals surface area contributed by atoms with Crippen LogP contribution in [-0.2, 0) is 0 Å². The van der Waals surface area contributed by atoms with Crippen molar-refractivity contribution >= 4 is 0 Å². The number of hydrogen-bond acceptors (Lipinski definition) is 2. The van der Waals surface area contributed by atoms with Crippen LogP contribution in [0.15, 0.2) is 0 Å². The Bertz CT molecular complexity index is 145. The van der Waals surface area contributed by atoms with Crippen LogP contribution in [0.2, 0.25) is 0 Å². The number of piperidine rings is 1. The van der Waals surface area contributed by atoms with Crippen LogP contribution in [-0.4, -0.2) is 49.6 Å². The first-order valence-electron chi connectivity index (χ1n) is 5.53. The van der Waals surface area contributed by atoms with Gasteiger partial charge < -0.3 is 9.80 Å². The Kier molecular flexibility index (Phi) is 4.20. The molecule has 0 radical (unpaired) electrons. The van der Waals surface area contributed by atoms with E-state index in [0.717, 1.165) is 12.1 Å². The van der Waals surface area contributed by atoms with Crippen LogP contribution in [0.1, 0.15) is 32.6 Å². The minimum Gasteiger partial charge on any atom is -0.305 e. The molecular formula is C11H24N2. The highest BCUT2D eigenvalue weighted by Crippen LogP contribution is 2.21. The van der Waals surface area contributed by atoms with Gasteiger partial charge in [0.1, 0.15) is 0 Å². The van der Waals surface area contributed by atoms with Gasteiger partial charge in [-0.2, -0.15) is 0 Å². The zero-order valence-electron chi connectivity index (χ0n) is 9.58. The highest BCUT2D eigenvalue weighted by Gasteiger charge is 2.27. The summed E-state index contributed by atoms with van der Waals surface area (Å²) in [5, 5.41) is 0. The normalized spacial score (nSPS) is 27.9. The zero-order chi connectivity index (χ0) is 9.84. The van der Waals surface area contributed by atoms with Crippen LogP contribution in [0, 0.1) is 0 Å². The van der Waals surface area contributed by atoms with Gasteiger partial charge >= 0.3 is 0 Å². The second-order valence-corrected chi connectivity index (χ2v) is 4.48. The fourth-order valence-corrected chi connectivity index (χ4v) is 2.57. The first kappa shape index (κ1) is 11.0. The van der Waals surface area contributed by atoms with Crippen LogP contribution in [0.3, 0.4) is 0 Å². The molecule has 0 spiro atoms. The second kappa shape index (κ2) is 4.97. The van der Waals surface area contributed by atoms with Crippen LogP contribution < -0.4 is 0 Å². The van der Waals surface area contributed by atoms with E-state index in [9.17, 15) is 0 Å². The molecule has 0 bridgehead atoms. The first-order chi connectivity index (χ1) is 6.16. The van der Waals surface area contributed by atoms with Crippen LogP contribution in [0.4, 0.5) is 0 Å². The molecule has 78 valence electrons. The molecule has 2 heteroatoms. The average Bonchev–Trinajstić information content (AvgIpc) is 2.09. The minimum absolute atomic E-state index is 0.741. The number of hydrogen-bond donors (Lipinski definition) is 0. The standard InChI is InChI=1S/C11H24N2/c1-5-10(12(2)3)11-8-6-7-9-13(11)4/h10-11H,5-9H2,1-4H3. The Balaban J connectivity index is 2.55. The number of nitrogens with zero attached hydrogens (tertiary/aromatic N) is 2. The van der Waals surface area contributed by atoms with Gasteiger partial charge in [0.25, 0.3) is 0 Å². The smallest absolute Gasteiger partial charge is 0.0248 e. The first-order valence-corrected chi connectivity index (χ1v) is 5.53. The van der Waals surface area contributed by atoms with Gasteiger partial charge in [0.15, 0.2) is 0 Å². The Morgan fingerprint density at radius 2 is 2.08 bits per heavy atom. The fourth-order valence-electron chi connectivity index (χ4n) is 2.57. The lowest BCUT2D eigenvalue weighted by atomic mass is 9.94. The summed E-state index contributed by atoms with van der Waals surface area (Å²) in [7, 11) is 6.68. The highest BCUT2D eigenvalue weighted by molar-refractivity contribution is 4.84. The maximum atomic E-state index is 2.54. The summed E-state index contributed by atoms with van der Waals surface area (Å²) in [5.41, 5.74) is 0. The SMILES string of the molecule is CCC(C1CCCCN1C)N(C)C. The van der Waals surface area contributed by atoms with E-state index in [1.807, 2.05) is 0 Å². The molecule has 0 aromatic rings. The van der Waals surface area contributed by atoms with Crippen molar-refractivity contribution in [2.24, 2.45) is 0 Å². The Labute approximate surface area is 82.9 Å². The van der Waals surface area contributed by atoms with Gasteiger partial charge in [-0.05, 0) is 47.0 Å². The Morgan fingerprint density at radius 3 is 2.54 bits per heavy atom. The molecule has 2 unspecified atom stereocenters. The average molecular weight is 184 g/mol. The third-order valence-electron chi connectivity index (χ3n) is 3.35. The van der Waals surface area contributed by atoms with Gasteiger partial charge in [0, 0.05) is 12.1 Å². The summed E-state index contributed by atoms with van der Waals surface area (Å²) in [6.07, 6.45) is 5.45. The van der Waals surface area contributed by atoms with Crippen molar-refractivity contribution in [1.82, 2.24) is 9.80 Å². The molecule has 1 aliphatic rings. The van der Waals surface area contributed by atoms with Crippen molar-refractivity contribution in [3.8, 4) is 0 Å². The van der Waals surface area contributed by atoms with Crippen molar-refractivity contribution in [1.29, 1.82) is 0 Å². The van der Waals surface area contributed by atoms with Crippen molar-refractivity contribution < 1.29 is 0 Å². The van der Waals surface area contributed by atoms with E-state index >= 15 is 0 Å². The molecule has 0 aromatic carbocycles. The van der Waals surface area contributed by atoms with E-state index in [1.165, 1.54) is 32.2 Å². The number of likely N-dealkylation sites (tertiary alicyclic amines) is 1. The van der Waals surface area contributed by atoms with Gasteiger partial charge in [-0.25, -0.2) is 0 Å². The molecule has 2 atom stereocenters. The lowest BCUT2D eigenvalue weighted by Crippen LogP contribution is -2.49. The highest BCUT2D eigenvalue weighted by atomic mass is 15.2. The number of rotatable bonds is 3. The molecule has 1 fully saturated rings. The molecule has 0 saturated carbocycles. The molecule has 13 heavy (non-hydrogen) atoms. The summed E-state index contributed by atoms with van der Waals surface area (Å²) < 4.78 is 0. The van der Waals surface area contributed by atoms with E-state index in [-0.39, 0.29) is 0 Å². The van der Waals surface area contributed by atoms with Crippen LogP contribution in [0.5, 0.6) is 0 Å². The predicted octanol–water partition coefficient (Wildman–Crippen LogP) is 1.81. The third-order valence-corrected chi connectivity index (χ3v) is 3.35. The molecule has 1 aliphatic heterocycles. The van der Waals surface area contributed by atoms with Crippen LogP contribution in [0.25, 0.3) is 0 Å². The van der Waals surface area contributed by atoms with Crippen molar-refractivity contribution in [3.05, 3.63) is 0 Å². The van der Waals surface area contributed by atoms with Gasteiger partial charge in [0.2, 0.25) is 0 Å². The molecule has 2 nitrogen and oxygen atoms in total. The lowest BCUT2D eigenvalue weighted by Gasteiger charge is -2.40. The quantitative estimate of drug-likeness (QED) is 0.660. The largest absolute Gasteiger partial charge is 0.305 e. The summed E-state index contributed by atoms with van der Waals surface area (Å²) in [6, 6.07) is 1.53. The summed E-state index contributed by atoms with van der Waals surface area (Å²) >= 11 is 0. The molecule has 0 aromatic heterocycles. The van der Waals surface area contributed by atoms with Gasteiger partial charge in [-0.15, -0.1) is 0 Å². The fraction of sp³-hybridized carbons (Fsp3) is 1.00. The lowest BCUT2D eigenvalue weighted by molar-refractivity contribution is 0.0942. The predicted molar refractivity (Wildman–Crippen MR) is 58.0 cm³/mol. The van der Waals surface area contributed by atoms with Crippen molar-refractivity contribution in [2.45, 2.75) is 44.7 Å². The zero-order valence-corrected chi connectivity index (χ0v) is 9.58. The molecule has 0 amide bonds. The third kappa shape index (κ3) is 2.68. The van der Waals surface area contributed by atoms with Crippen LogP contribution >= 0.6 is 0 Å². The Morgan fingerprint density at radius 1 is 1.38 bits per heavy atom. The molecule has 0 aliphatic carbocycles.